The fourth-order valence-electron chi connectivity index (χ4n) is 1.72. The summed E-state index contributed by atoms with van der Waals surface area (Å²) in [5, 5.41) is 11.2. The molecule has 0 aliphatic carbocycles. The van der Waals surface area contributed by atoms with E-state index in [1.165, 1.54) is 6.07 Å². The summed E-state index contributed by atoms with van der Waals surface area (Å²) in [5.74, 6) is -0.569. The molecule has 2 rings (SSSR count). The first-order valence-corrected chi connectivity index (χ1v) is 6.43. The summed E-state index contributed by atoms with van der Waals surface area (Å²) in [4.78, 5) is 10.2. The lowest BCUT2D eigenvalue weighted by atomic mass is 10.1. The summed E-state index contributed by atoms with van der Waals surface area (Å²) in [6.45, 7) is 1.80. The van der Waals surface area contributed by atoms with Crippen LogP contribution in [0.25, 0.3) is 0 Å². The number of rotatable bonds is 4. The zero-order valence-electron chi connectivity index (χ0n) is 11.0. The third-order valence-electron chi connectivity index (χ3n) is 2.82. The fourth-order valence-corrected chi connectivity index (χ4v) is 1.95. The maximum Gasteiger partial charge on any atom is 0.314 e. The molecule has 0 saturated carbocycles. The third kappa shape index (κ3) is 3.48. The van der Waals surface area contributed by atoms with Crippen molar-refractivity contribution in [2.45, 2.75) is 13.0 Å². The number of nitro groups is 1. The van der Waals surface area contributed by atoms with Crippen molar-refractivity contribution in [2.75, 3.05) is 0 Å². The van der Waals surface area contributed by atoms with Crippen molar-refractivity contribution in [3.8, 4) is 11.5 Å². The number of nitrogens with zero attached hydrogens (tertiary/aromatic N) is 1. The van der Waals surface area contributed by atoms with Gasteiger partial charge in [-0.05, 0) is 36.8 Å². The van der Waals surface area contributed by atoms with Gasteiger partial charge in [-0.1, -0.05) is 17.7 Å². The molecule has 0 amide bonds. The number of benzene rings is 2. The predicted molar refractivity (Wildman–Crippen MR) is 77.2 cm³/mol. The highest BCUT2D eigenvalue weighted by Crippen LogP contribution is 2.36. The molecule has 7 heteroatoms. The van der Waals surface area contributed by atoms with Crippen molar-refractivity contribution < 1.29 is 14.1 Å². The molecular weight excluding hydrogens is 299 g/mol. The van der Waals surface area contributed by atoms with Gasteiger partial charge in [0.1, 0.15) is 11.6 Å². The van der Waals surface area contributed by atoms with Gasteiger partial charge in [-0.3, -0.25) is 10.1 Å². The molecule has 21 heavy (non-hydrogen) atoms. The van der Waals surface area contributed by atoms with Crippen LogP contribution in [0.15, 0.2) is 36.4 Å². The smallest absolute Gasteiger partial charge is 0.314 e. The van der Waals surface area contributed by atoms with E-state index in [1.54, 1.807) is 25.1 Å². The van der Waals surface area contributed by atoms with Crippen molar-refractivity contribution in [2.24, 2.45) is 5.73 Å². The summed E-state index contributed by atoms with van der Waals surface area (Å²) >= 11 is 6.06. The van der Waals surface area contributed by atoms with Gasteiger partial charge in [0.2, 0.25) is 5.75 Å². The number of ether oxygens (including phenoxy) is 1. The summed E-state index contributed by atoms with van der Waals surface area (Å²) in [6.07, 6.45) is 0. The van der Waals surface area contributed by atoms with Crippen LogP contribution in [0.4, 0.5) is 10.1 Å². The molecule has 0 spiro atoms. The third-order valence-corrected chi connectivity index (χ3v) is 3.11. The molecule has 5 nitrogen and oxygen atoms in total. The van der Waals surface area contributed by atoms with E-state index in [1.807, 2.05) is 0 Å². The van der Waals surface area contributed by atoms with Crippen LogP contribution in [0, 0.1) is 15.9 Å². The van der Waals surface area contributed by atoms with E-state index < -0.39 is 16.4 Å². The Morgan fingerprint density at radius 3 is 2.52 bits per heavy atom. The van der Waals surface area contributed by atoms with Gasteiger partial charge < -0.3 is 10.5 Å². The van der Waals surface area contributed by atoms with Gasteiger partial charge in [0.05, 0.1) is 16.0 Å². The second kappa shape index (κ2) is 6.07. The fraction of sp³-hybridized carbons (Fsp3) is 0.143. The van der Waals surface area contributed by atoms with E-state index in [0.29, 0.717) is 0 Å². The Bertz CT molecular complexity index is 692. The van der Waals surface area contributed by atoms with Crippen LogP contribution in [-0.2, 0) is 0 Å². The minimum Gasteiger partial charge on any atom is -0.449 e. The maximum atomic E-state index is 13.1. The largest absolute Gasteiger partial charge is 0.449 e. The van der Waals surface area contributed by atoms with E-state index in [9.17, 15) is 14.5 Å². The molecule has 0 aliphatic rings. The van der Waals surface area contributed by atoms with Crippen molar-refractivity contribution in [3.63, 3.8) is 0 Å². The molecule has 110 valence electrons. The molecule has 1 atom stereocenters. The SMILES string of the molecule is C[C@@H](N)c1ccc(Oc2ccc(F)cc2[N+](=O)[O-])c(Cl)c1. The molecule has 2 N–H and O–H groups in total. The second-order valence-corrected chi connectivity index (χ2v) is 4.86. The first-order chi connectivity index (χ1) is 9.88. The molecule has 0 aliphatic heterocycles. The minimum atomic E-state index is -0.720. The number of halogens is 2. The second-order valence-electron chi connectivity index (χ2n) is 4.45. The summed E-state index contributed by atoms with van der Waals surface area (Å²) in [5.41, 5.74) is 6.07. The van der Waals surface area contributed by atoms with Gasteiger partial charge in [-0.2, -0.15) is 0 Å². The Kier molecular flexibility index (Phi) is 4.40. The van der Waals surface area contributed by atoms with Crippen molar-refractivity contribution in [3.05, 3.63) is 62.9 Å². The molecule has 0 heterocycles. The zero-order chi connectivity index (χ0) is 15.6. The lowest BCUT2D eigenvalue weighted by Crippen LogP contribution is -2.04. The molecule has 2 aromatic carbocycles. The van der Waals surface area contributed by atoms with Crippen molar-refractivity contribution >= 4 is 17.3 Å². The molecule has 0 bridgehead atoms. The Morgan fingerprint density at radius 1 is 1.29 bits per heavy atom. The van der Waals surface area contributed by atoms with E-state index in [4.69, 9.17) is 22.1 Å². The average Bonchev–Trinajstić information content (AvgIpc) is 2.42. The van der Waals surface area contributed by atoms with E-state index >= 15 is 0 Å². The Balaban J connectivity index is 2.37. The van der Waals surface area contributed by atoms with Gasteiger partial charge in [0.15, 0.2) is 0 Å². The number of hydrogen-bond acceptors (Lipinski definition) is 4. The molecule has 0 aromatic heterocycles. The topological polar surface area (TPSA) is 78.4 Å². The average molecular weight is 311 g/mol. The molecular formula is C14H12ClFN2O3. The molecule has 2 aromatic rings. The molecule has 0 unspecified atom stereocenters. The van der Waals surface area contributed by atoms with Crippen LogP contribution in [0.2, 0.25) is 5.02 Å². The Labute approximate surface area is 125 Å². The van der Waals surface area contributed by atoms with Gasteiger partial charge in [-0.15, -0.1) is 0 Å². The van der Waals surface area contributed by atoms with Crippen LogP contribution in [0.1, 0.15) is 18.5 Å². The van der Waals surface area contributed by atoms with Crippen LogP contribution in [0.3, 0.4) is 0 Å². The van der Waals surface area contributed by atoms with Crippen molar-refractivity contribution in [1.82, 2.24) is 0 Å². The van der Waals surface area contributed by atoms with E-state index in [0.717, 1.165) is 17.7 Å². The normalized spacial score (nSPS) is 12.0. The highest BCUT2D eigenvalue weighted by Gasteiger charge is 2.18. The summed E-state index contributed by atoms with van der Waals surface area (Å²) < 4.78 is 18.5. The standard InChI is InChI=1S/C14H12ClFN2O3/c1-8(17)9-2-4-13(11(15)6-9)21-14-5-3-10(16)7-12(14)18(19)20/h2-8H,17H2,1H3/t8-/m1/s1. The van der Waals surface area contributed by atoms with Crippen molar-refractivity contribution in [1.29, 1.82) is 0 Å². The highest BCUT2D eigenvalue weighted by molar-refractivity contribution is 6.32. The maximum absolute atomic E-state index is 13.1. The minimum absolute atomic E-state index is 0.0863. The number of hydrogen-bond donors (Lipinski definition) is 1. The van der Waals surface area contributed by atoms with Crippen LogP contribution >= 0.6 is 11.6 Å². The van der Waals surface area contributed by atoms with Gasteiger partial charge in [0, 0.05) is 6.04 Å². The summed E-state index contributed by atoms with van der Waals surface area (Å²) in [7, 11) is 0. The summed E-state index contributed by atoms with van der Waals surface area (Å²) in [6, 6.07) is 7.75. The Hall–Kier alpha value is -2.18. The number of nitrogens with two attached hydrogens (primary N) is 1. The van der Waals surface area contributed by atoms with Gasteiger partial charge in [0.25, 0.3) is 0 Å². The van der Waals surface area contributed by atoms with Gasteiger partial charge in [-0.25, -0.2) is 4.39 Å². The number of nitro benzene ring substituents is 1. The first-order valence-electron chi connectivity index (χ1n) is 6.05. The first kappa shape index (κ1) is 15.2. The highest BCUT2D eigenvalue weighted by atomic mass is 35.5. The predicted octanol–water partition coefficient (Wildman–Crippen LogP) is 4.20. The lowest BCUT2D eigenvalue weighted by molar-refractivity contribution is -0.385. The molecule has 0 fully saturated rings. The lowest BCUT2D eigenvalue weighted by Gasteiger charge is -2.11. The quantitative estimate of drug-likeness (QED) is 0.678. The van der Waals surface area contributed by atoms with Crippen LogP contribution in [-0.4, -0.2) is 4.92 Å². The van der Waals surface area contributed by atoms with Crippen LogP contribution < -0.4 is 10.5 Å². The van der Waals surface area contributed by atoms with E-state index in [2.05, 4.69) is 0 Å². The van der Waals surface area contributed by atoms with Gasteiger partial charge >= 0.3 is 5.69 Å². The molecule has 0 saturated heterocycles. The van der Waals surface area contributed by atoms with E-state index in [-0.39, 0.29) is 22.6 Å². The van der Waals surface area contributed by atoms with Crippen LogP contribution in [0.5, 0.6) is 11.5 Å². The Morgan fingerprint density at radius 2 is 1.95 bits per heavy atom. The zero-order valence-corrected chi connectivity index (χ0v) is 11.8. The molecule has 0 radical (unpaired) electrons. The monoisotopic (exact) mass is 310 g/mol.